The van der Waals surface area contributed by atoms with Crippen LogP contribution in [0.3, 0.4) is 0 Å². The molecule has 0 aliphatic carbocycles. The number of nitrogens with zero attached hydrogens (tertiary/aromatic N) is 2. The largest absolute Gasteiger partial charge is 0.737 e. The van der Waals surface area contributed by atoms with Gasteiger partial charge in [0.1, 0.15) is 11.5 Å². The highest BCUT2D eigenvalue weighted by molar-refractivity contribution is 14.1. The molecule has 0 unspecified atom stereocenters. The standard InChI is InChI=1S/C51H61BF2I2N2O2/c1-9-11-13-15-29-59-41-23-17-36(18-24-41)21-27-45-43(55)34-47-49(38-31-39(50(3,4)5)33-40(32-38)51(6,7)8)48-35-44(56)46(58(48)52(53,54)57(45)47)28-22-37-19-25-42(26-20-37)60-30-16-14-12-10-2/h17-28,31-35H,9-16,29-30H2,1-8H3/b27-21+,28-22+. The van der Waals surface area contributed by atoms with Crippen LogP contribution in [0.4, 0.5) is 8.63 Å². The summed E-state index contributed by atoms with van der Waals surface area (Å²) in [5.74, 6) is 1.63. The lowest BCUT2D eigenvalue weighted by Crippen LogP contribution is -2.51. The Labute approximate surface area is 385 Å². The third-order valence-corrected chi connectivity index (χ3v) is 13.0. The first kappa shape index (κ1) is 46.1. The van der Waals surface area contributed by atoms with Gasteiger partial charge in [0.05, 0.1) is 22.4 Å². The molecule has 1 aromatic heterocycles. The topological polar surface area (TPSA) is 26.4 Å². The Morgan fingerprint density at radius 3 is 1.63 bits per heavy atom. The van der Waals surface area contributed by atoms with Crippen molar-refractivity contribution < 1.29 is 22.6 Å². The predicted molar refractivity (Wildman–Crippen MR) is 268 cm³/mol. The summed E-state index contributed by atoms with van der Waals surface area (Å²) >= 11 is 4.46. The van der Waals surface area contributed by atoms with E-state index in [0.29, 0.717) is 36.0 Å². The monoisotopic (exact) mass is 1040 g/mol. The molecule has 3 aromatic carbocycles. The lowest BCUT2D eigenvalue weighted by Gasteiger charge is -2.34. The first-order valence-corrected chi connectivity index (χ1v) is 23.9. The summed E-state index contributed by atoms with van der Waals surface area (Å²) in [4.78, 5) is 0. The Hall–Kier alpha value is -3.45. The van der Waals surface area contributed by atoms with Crippen LogP contribution in [0.5, 0.6) is 11.5 Å². The molecule has 9 heteroatoms. The smallest absolute Gasteiger partial charge is 0.494 e. The average Bonchev–Trinajstić information content (AvgIpc) is 3.72. The van der Waals surface area contributed by atoms with Crippen LogP contribution in [0.15, 0.2) is 94.2 Å². The highest BCUT2D eigenvalue weighted by atomic mass is 127. The summed E-state index contributed by atoms with van der Waals surface area (Å²) in [6, 6.07) is 24.4. The molecule has 0 atom stereocenters. The Morgan fingerprint density at radius 1 is 0.650 bits per heavy atom. The minimum absolute atomic E-state index is 0.154. The number of ether oxygens (including phenoxy) is 2. The van der Waals surface area contributed by atoms with Gasteiger partial charge in [-0.1, -0.05) is 142 Å². The van der Waals surface area contributed by atoms with Gasteiger partial charge in [-0.2, -0.15) is 0 Å². The summed E-state index contributed by atoms with van der Waals surface area (Å²) in [6.45, 7) is 14.7. The summed E-state index contributed by atoms with van der Waals surface area (Å²) in [7, 11) is 0. The number of rotatable bonds is 17. The molecule has 0 amide bonds. The van der Waals surface area contributed by atoms with Gasteiger partial charge in [0.15, 0.2) is 11.4 Å². The highest BCUT2D eigenvalue weighted by Crippen LogP contribution is 2.46. The van der Waals surface area contributed by atoms with E-state index < -0.39 is 6.97 Å². The highest BCUT2D eigenvalue weighted by Gasteiger charge is 2.55. The van der Waals surface area contributed by atoms with E-state index in [0.717, 1.165) is 66.6 Å². The van der Waals surface area contributed by atoms with Crippen molar-refractivity contribution in [2.75, 3.05) is 13.2 Å². The summed E-state index contributed by atoms with van der Waals surface area (Å²) in [5, 5.41) is 0. The Bertz CT molecular complexity index is 2270. The van der Waals surface area contributed by atoms with E-state index in [9.17, 15) is 0 Å². The molecule has 6 rings (SSSR count). The summed E-state index contributed by atoms with van der Waals surface area (Å²) in [5.41, 5.74) is 7.58. The Kier molecular flexibility index (Phi) is 15.1. The van der Waals surface area contributed by atoms with E-state index in [1.54, 1.807) is 0 Å². The van der Waals surface area contributed by atoms with Gasteiger partial charge in [-0.25, -0.2) is 0 Å². The van der Waals surface area contributed by atoms with Crippen LogP contribution >= 0.6 is 45.2 Å². The molecule has 0 radical (unpaired) electrons. The van der Waals surface area contributed by atoms with Crippen LogP contribution in [0.1, 0.15) is 146 Å². The van der Waals surface area contributed by atoms with Crippen LogP contribution < -0.4 is 9.47 Å². The van der Waals surface area contributed by atoms with Crippen molar-refractivity contribution >= 4 is 81.7 Å². The van der Waals surface area contributed by atoms with Crippen molar-refractivity contribution in [2.45, 2.75) is 118 Å². The van der Waals surface area contributed by atoms with E-state index >= 15 is 8.63 Å². The predicted octanol–water partition coefficient (Wildman–Crippen LogP) is 15.3. The molecule has 0 saturated carbocycles. The average molecular weight is 1040 g/mol. The van der Waals surface area contributed by atoms with Gasteiger partial charge in [-0.15, -0.1) is 0 Å². The minimum atomic E-state index is -4.33. The number of hydrogen-bond acceptors (Lipinski definition) is 2. The van der Waals surface area contributed by atoms with Crippen molar-refractivity contribution in [3.63, 3.8) is 0 Å². The van der Waals surface area contributed by atoms with Gasteiger partial charge < -0.3 is 27.1 Å². The zero-order valence-electron chi connectivity index (χ0n) is 36.7. The molecule has 3 heterocycles. The second kappa shape index (κ2) is 19.7. The maximum absolute atomic E-state index is 17.8. The molecular formula is C51H61BF2I2N2O2. The van der Waals surface area contributed by atoms with Gasteiger partial charge in [0, 0.05) is 27.1 Å². The third-order valence-electron chi connectivity index (χ3n) is 11.3. The number of fused-ring (bicyclic) bond motifs is 2. The molecule has 0 bridgehead atoms. The number of benzene rings is 3. The van der Waals surface area contributed by atoms with Crippen LogP contribution in [0, 0.1) is 3.57 Å². The van der Waals surface area contributed by atoms with Gasteiger partial charge in [0.25, 0.3) is 0 Å². The second-order valence-corrected chi connectivity index (χ2v) is 20.5. The van der Waals surface area contributed by atoms with Gasteiger partial charge in [-0.3, -0.25) is 0 Å². The molecular weight excluding hydrogens is 975 g/mol. The van der Waals surface area contributed by atoms with Gasteiger partial charge in [0.2, 0.25) is 0 Å². The maximum Gasteiger partial charge on any atom is 0.737 e. The fraction of sp³-hybridized carbons (Fsp3) is 0.392. The molecule has 318 valence electrons. The molecule has 2 aliphatic heterocycles. The van der Waals surface area contributed by atoms with Gasteiger partial charge >= 0.3 is 6.97 Å². The van der Waals surface area contributed by atoms with Crippen molar-refractivity contribution in [2.24, 2.45) is 0 Å². The molecule has 4 aromatic rings. The van der Waals surface area contributed by atoms with Crippen molar-refractivity contribution in [1.82, 2.24) is 4.48 Å². The zero-order chi connectivity index (χ0) is 43.2. The zero-order valence-corrected chi connectivity index (χ0v) is 41.0. The lowest BCUT2D eigenvalue weighted by atomic mass is 9.77. The Balaban J connectivity index is 1.44. The first-order chi connectivity index (χ1) is 28.5. The molecule has 2 aliphatic rings. The fourth-order valence-electron chi connectivity index (χ4n) is 7.71. The molecule has 0 saturated heterocycles. The second-order valence-electron chi connectivity index (χ2n) is 18.2. The fourth-order valence-corrected chi connectivity index (χ4v) is 9.18. The first-order valence-electron chi connectivity index (χ1n) is 21.7. The number of unbranched alkanes of at least 4 members (excludes halogenated alkanes) is 6. The van der Waals surface area contributed by atoms with E-state index in [1.165, 1.54) is 45.8 Å². The molecule has 0 N–H and O–H groups in total. The molecule has 0 fully saturated rings. The van der Waals surface area contributed by atoms with E-state index in [-0.39, 0.29) is 10.8 Å². The van der Waals surface area contributed by atoms with Crippen LogP contribution in [0.25, 0.3) is 23.8 Å². The van der Waals surface area contributed by atoms with Crippen molar-refractivity contribution in [3.8, 4) is 11.5 Å². The van der Waals surface area contributed by atoms with Crippen molar-refractivity contribution in [1.29, 1.82) is 0 Å². The van der Waals surface area contributed by atoms with E-state index in [4.69, 9.17) is 9.47 Å². The lowest BCUT2D eigenvalue weighted by molar-refractivity contribution is -0.360. The maximum atomic E-state index is 17.8. The number of halogens is 4. The quantitative estimate of drug-likeness (QED) is 0.0598. The Morgan fingerprint density at radius 2 is 1.15 bits per heavy atom. The van der Waals surface area contributed by atoms with E-state index in [1.807, 2.05) is 85.0 Å². The number of hydrogen-bond donors (Lipinski definition) is 0. The van der Waals surface area contributed by atoms with Crippen molar-refractivity contribution in [3.05, 3.63) is 137 Å². The molecule has 60 heavy (non-hydrogen) atoms. The third kappa shape index (κ3) is 10.8. The van der Waals surface area contributed by atoms with Crippen LogP contribution in [0.2, 0.25) is 0 Å². The molecule has 0 spiro atoms. The normalized spacial score (nSPS) is 15.3. The summed E-state index contributed by atoms with van der Waals surface area (Å²) < 4.78 is 51.6. The minimum Gasteiger partial charge on any atom is -0.494 e. The number of aromatic nitrogens is 1. The van der Waals surface area contributed by atoms with E-state index in [2.05, 4.69) is 119 Å². The SMILES string of the molecule is CCCCCCOc1ccc(/C=C/C2=[N+]3C(=C(c4cc(C(C)(C)C)cc(C(C)(C)C)c4)c4cc(I)c(/C=C/c5ccc(OCCCCCC)cc5)n4[B-]3(F)F)C=C2I)cc1. The summed E-state index contributed by atoms with van der Waals surface area (Å²) in [6.07, 6.45) is 18.6. The van der Waals surface area contributed by atoms with Crippen LogP contribution in [-0.4, -0.2) is 34.9 Å². The number of allylic oxidation sites excluding steroid dienone is 3. The van der Waals surface area contributed by atoms with Crippen LogP contribution in [-0.2, 0) is 10.8 Å². The van der Waals surface area contributed by atoms with Gasteiger partial charge in [-0.05, 0) is 139 Å². The molecule has 4 nitrogen and oxygen atoms in total.